The van der Waals surface area contributed by atoms with Gasteiger partial charge in [-0.2, -0.15) is 0 Å². The first kappa shape index (κ1) is 33.9. The lowest BCUT2D eigenvalue weighted by molar-refractivity contribution is 0.832. The number of para-hydroxylation sites is 4. The van der Waals surface area contributed by atoms with Gasteiger partial charge in [-0.3, -0.25) is 4.57 Å². The van der Waals surface area contributed by atoms with Crippen LogP contribution in [0.3, 0.4) is 0 Å². The van der Waals surface area contributed by atoms with Gasteiger partial charge in [0.15, 0.2) is 0 Å². The molecule has 1 N–H and O–H groups in total. The molecule has 0 spiro atoms. The molecule has 9 aromatic rings. The lowest BCUT2D eigenvalue weighted by Crippen LogP contribution is -2.24. The van der Waals surface area contributed by atoms with E-state index in [0.717, 1.165) is 51.5 Å². The number of anilines is 3. The van der Waals surface area contributed by atoms with Crippen molar-refractivity contribution in [1.29, 1.82) is 0 Å². The number of H-pyrrole nitrogens is 1. The van der Waals surface area contributed by atoms with Crippen LogP contribution in [0.4, 0.5) is 17.1 Å². The number of aromatic nitrogens is 4. The van der Waals surface area contributed by atoms with Gasteiger partial charge in [-0.1, -0.05) is 125 Å². The van der Waals surface area contributed by atoms with Crippen LogP contribution in [0, 0.1) is 0 Å². The molecule has 3 aromatic heterocycles. The van der Waals surface area contributed by atoms with Gasteiger partial charge in [-0.05, 0) is 82.1 Å². The summed E-state index contributed by atoms with van der Waals surface area (Å²) in [5.74, 6) is 2.32. The maximum Gasteiger partial charge on any atom is 0.147 e. The fourth-order valence-corrected chi connectivity index (χ4v) is 8.77. The zero-order valence-corrected chi connectivity index (χ0v) is 32.5. The Labute approximate surface area is 327 Å². The molecule has 0 saturated heterocycles. The molecule has 0 unspecified atom stereocenters. The summed E-state index contributed by atoms with van der Waals surface area (Å²) >= 11 is 0. The molecule has 1 aliphatic rings. The van der Waals surface area contributed by atoms with E-state index >= 15 is 0 Å². The van der Waals surface area contributed by atoms with E-state index in [-0.39, 0.29) is 11.8 Å². The van der Waals surface area contributed by atoms with Crippen molar-refractivity contribution in [2.45, 2.75) is 39.5 Å². The molecule has 4 heterocycles. The minimum absolute atomic E-state index is 0.276. The highest BCUT2D eigenvalue weighted by atomic mass is 15.4. The van der Waals surface area contributed by atoms with Crippen LogP contribution in [-0.4, -0.2) is 33.2 Å². The monoisotopic (exact) mass is 728 g/mol. The molecule has 274 valence electrons. The number of hydrogen-bond donors (Lipinski definition) is 1. The van der Waals surface area contributed by atoms with Crippen molar-refractivity contribution in [3.05, 3.63) is 157 Å². The van der Waals surface area contributed by atoms with E-state index in [4.69, 9.17) is 9.97 Å². The van der Waals surface area contributed by atoms with Gasteiger partial charge in [0.05, 0.1) is 45.8 Å². The molecule has 0 fully saturated rings. The van der Waals surface area contributed by atoms with Crippen LogP contribution >= 0.6 is 0 Å². The molecule has 10 rings (SSSR count). The Morgan fingerprint density at radius 2 is 1.27 bits per heavy atom. The molecule has 6 nitrogen and oxygen atoms in total. The number of pyridine rings is 1. The summed E-state index contributed by atoms with van der Waals surface area (Å²) in [7, 11) is 2.16. The van der Waals surface area contributed by atoms with Crippen LogP contribution in [-0.2, 0) is 0 Å². The van der Waals surface area contributed by atoms with Gasteiger partial charge in [0.2, 0.25) is 0 Å². The molecule has 0 saturated carbocycles. The smallest absolute Gasteiger partial charge is 0.147 e. The van der Waals surface area contributed by atoms with Crippen molar-refractivity contribution in [1.82, 2.24) is 19.5 Å². The van der Waals surface area contributed by atoms with Crippen LogP contribution in [0.1, 0.15) is 50.7 Å². The number of fused-ring (bicyclic) bond motifs is 5. The molecule has 6 heteroatoms. The predicted octanol–water partition coefficient (Wildman–Crippen LogP) is 12.8. The Kier molecular flexibility index (Phi) is 8.03. The van der Waals surface area contributed by atoms with Gasteiger partial charge >= 0.3 is 0 Å². The Morgan fingerprint density at radius 1 is 0.589 bits per heavy atom. The summed E-state index contributed by atoms with van der Waals surface area (Å²) in [5.41, 5.74) is 16.4. The van der Waals surface area contributed by atoms with E-state index < -0.39 is 0 Å². The van der Waals surface area contributed by atoms with Crippen LogP contribution in [0.5, 0.6) is 0 Å². The lowest BCUT2D eigenvalue weighted by Gasteiger charge is -2.22. The van der Waals surface area contributed by atoms with Crippen LogP contribution in [0.2, 0.25) is 0 Å². The minimum Gasteiger partial charge on any atom is -0.355 e. The molecular weight excluding hydrogens is 685 g/mol. The Bertz CT molecular complexity index is 2890. The Hall–Kier alpha value is -6.66. The summed E-state index contributed by atoms with van der Waals surface area (Å²) < 4.78 is 2.28. The average molecular weight is 729 g/mol. The van der Waals surface area contributed by atoms with Crippen molar-refractivity contribution >= 4 is 49.9 Å². The highest BCUT2D eigenvalue weighted by Gasteiger charge is 2.27. The largest absolute Gasteiger partial charge is 0.355 e. The molecule has 0 atom stereocenters. The molecule has 1 aliphatic heterocycles. The normalized spacial score (nSPS) is 12.9. The second-order valence-corrected chi connectivity index (χ2v) is 15.7. The van der Waals surface area contributed by atoms with Gasteiger partial charge in [-0.15, -0.1) is 0 Å². The fourth-order valence-electron chi connectivity index (χ4n) is 8.77. The first-order chi connectivity index (χ1) is 27.4. The second-order valence-electron chi connectivity index (χ2n) is 15.7. The van der Waals surface area contributed by atoms with Crippen LogP contribution in [0.15, 0.2) is 146 Å². The molecule has 56 heavy (non-hydrogen) atoms. The van der Waals surface area contributed by atoms with E-state index in [9.17, 15) is 0 Å². The number of aromatic amines is 1. The first-order valence-electron chi connectivity index (χ1n) is 19.6. The number of nitrogens with one attached hydrogen (secondary N) is 1. The number of benzene rings is 6. The maximum atomic E-state index is 5.47. The summed E-state index contributed by atoms with van der Waals surface area (Å²) in [6, 6.07) is 50.2. The average Bonchev–Trinajstić information content (AvgIpc) is 3.92. The van der Waals surface area contributed by atoms with Gasteiger partial charge in [0.1, 0.15) is 11.6 Å². The van der Waals surface area contributed by atoms with Gasteiger partial charge in [-0.25, -0.2) is 9.97 Å². The van der Waals surface area contributed by atoms with E-state index in [0.29, 0.717) is 0 Å². The first-order valence-corrected chi connectivity index (χ1v) is 19.6. The van der Waals surface area contributed by atoms with Gasteiger partial charge in [0, 0.05) is 35.1 Å². The maximum absolute atomic E-state index is 5.47. The summed E-state index contributed by atoms with van der Waals surface area (Å²) in [6.45, 7) is 9.95. The number of nitrogens with zero attached hydrogens (tertiary/aromatic N) is 5. The number of rotatable bonds is 7. The van der Waals surface area contributed by atoms with Crippen molar-refractivity contribution in [3.63, 3.8) is 0 Å². The lowest BCUT2D eigenvalue weighted by atomic mass is 9.85. The number of imidazole rings is 1. The minimum atomic E-state index is 0.276. The van der Waals surface area contributed by atoms with Crippen molar-refractivity contribution < 1.29 is 0 Å². The van der Waals surface area contributed by atoms with E-state index in [1.807, 2.05) is 12.3 Å². The van der Waals surface area contributed by atoms with E-state index in [2.05, 4.69) is 188 Å². The summed E-state index contributed by atoms with van der Waals surface area (Å²) in [5, 5.41) is 2.43. The van der Waals surface area contributed by atoms with Crippen molar-refractivity contribution in [3.8, 4) is 39.5 Å². The Morgan fingerprint density at radius 3 is 2.00 bits per heavy atom. The third kappa shape index (κ3) is 5.39. The quantitative estimate of drug-likeness (QED) is 0.178. The molecule has 0 bridgehead atoms. The zero-order chi connectivity index (χ0) is 38.1. The van der Waals surface area contributed by atoms with Crippen LogP contribution in [0.25, 0.3) is 72.3 Å². The molecule has 0 aliphatic carbocycles. The molecule has 6 aromatic carbocycles. The third-order valence-corrected chi connectivity index (χ3v) is 11.5. The fraction of sp³-hybridized carbons (Fsp3) is 0.160. The number of hydrogen-bond acceptors (Lipinski definition) is 4. The molecular formula is C50H44N6. The molecule has 0 radical (unpaired) electrons. The summed E-state index contributed by atoms with van der Waals surface area (Å²) in [4.78, 5) is 19.0. The second kappa shape index (κ2) is 13.3. The van der Waals surface area contributed by atoms with Crippen molar-refractivity contribution in [2.75, 3.05) is 23.5 Å². The molecule has 0 amide bonds. The highest BCUT2D eigenvalue weighted by molar-refractivity contribution is 6.15. The summed E-state index contributed by atoms with van der Waals surface area (Å²) in [6.07, 6.45) is 1.87. The van der Waals surface area contributed by atoms with E-state index in [1.54, 1.807) is 0 Å². The van der Waals surface area contributed by atoms with Gasteiger partial charge in [0.25, 0.3) is 0 Å². The zero-order valence-electron chi connectivity index (χ0n) is 32.5. The van der Waals surface area contributed by atoms with E-state index in [1.165, 1.54) is 55.7 Å². The van der Waals surface area contributed by atoms with Crippen LogP contribution < -0.4 is 9.80 Å². The third-order valence-electron chi connectivity index (χ3n) is 11.5. The SMILES string of the molecule is CC(C)c1cc(-c2ccccc2)cc(C(C)C)c1-c1nc2ccc(-c3cccc4c3[nH]c3c(N5CN(C)c6ccccc65)cccc34)cc2n1-c1ccccn1. The van der Waals surface area contributed by atoms with Crippen molar-refractivity contribution in [2.24, 2.45) is 0 Å². The van der Waals surface area contributed by atoms with Gasteiger partial charge < -0.3 is 14.8 Å². The topological polar surface area (TPSA) is 53.0 Å². The standard InChI is InChI=1S/C50H44N6/c1-31(2)39-27-35(33-15-7-6-8-16-33)28-40(32(3)4)47(39)50-52-41-25-24-34(29-45(41)56(50)46-23-11-12-26-51-46)36-17-13-18-37-38-19-14-22-44(49(38)53-48(36)37)55-30-54(5)42-20-9-10-21-43(42)55/h6-29,31-32,53H,30H2,1-5H3. The highest BCUT2D eigenvalue weighted by Crippen LogP contribution is 2.45. The predicted molar refractivity (Wildman–Crippen MR) is 235 cm³/mol. The Balaban J connectivity index is 1.18.